The molecule has 0 bridgehead atoms. The number of imidazole rings is 1. The zero-order valence-electron chi connectivity index (χ0n) is 10.4. The number of nitrogens with zero attached hydrogens (tertiary/aromatic N) is 1. The van der Waals surface area contributed by atoms with Crippen molar-refractivity contribution >= 4 is 22.8 Å². The Hall–Kier alpha value is -2.62. The summed E-state index contributed by atoms with van der Waals surface area (Å²) in [6, 6.07) is 7.48. The fraction of sp³-hybridized carbons (Fsp3) is 0.0667. The lowest BCUT2D eigenvalue weighted by molar-refractivity contribution is 0.104. The van der Waals surface area contributed by atoms with Crippen molar-refractivity contribution in [3.8, 4) is 0 Å². The molecule has 1 N–H and O–H groups in total. The fourth-order valence-electron chi connectivity index (χ4n) is 1.95. The zero-order valence-corrected chi connectivity index (χ0v) is 10.4. The van der Waals surface area contributed by atoms with Gasteiger partial charge in [0.1, 0.15) is 11.8 Å². The monoisotopic (exact) mass is 252 g/mol. The van der Waals surface area contributed by atoms with Crippen molar-refractivity contribution in [1.82, 2.24) is 9.97 Å². The Morgan fingerprint density at radius 3 is 3.00 bits per heavy atom. The molecule has 94 valence electrons. The molecular formula is C15H12N2O2. The minimum atomic E-state index is -0.0904. The van der Waals surface area contributed by atoms with Crippen LogP contribution in [-0.4, -0.2) is 15.8 Å². The van der Waals surface area contributed by atoms with Gasteiger partial charge in [0.05, 0.1) is 17.6 Å². The van der Waals surface area contributed by atoms with Crippen LogP contribution in [0, 0.1) is 6.92 Å². The van der Waals surface area contributed by atoms with E-state index in [0.717, 1.165) is 22.4 Å². The number of hydrogen-bond donors (Lipinski definition) is 1. The van der Waals surface area contributed by atoms with Crippen molar-refractivity contribution in [3.63, 3.8) is 0 Å². The predicted octanol–water partition coefficient (Wildman–Crippen LogP) is 3.36. The summed E-state index contributed by atoms with van der Waals surface area (Å²) in [5.41, 5.74) is 2.98. The van der Waals surface area contributed by atoms with Crippen LogP contribution in [0.1, 0.15) is 21.7 Å². The van der Waals surface area contributed by atoms with E-state index in [-0.39, 0.29) is 5.78 Å². The van der Waals surface area contributed by atoms with Crippen molar-refractivity contribution in [2.24, 2.45) is 0 Å². The average molecular weight is 252 g/mol. The molecule has 2 aromatic heterocycles. The van der Waals surface area contributed by atoms with Gasteiger partial charge in [-0.25, -0.2) is 4.98 Å². The van der Waals surface area contributed by atoms with Crippen LogP contribution in [-0.2, 0) is 0 Å². The molecule has 0 radical (unpaired) electrons. The summed E-state index contributed by atoms with van der Waals surface area (Å²) in [6.07, 6.45) is 6.32. The Kier molecular flexibility index (Phi) is 2.76. The zero-order chi connectivity index (χ0) is 13.2. The van der Waals surface area contributed by atoms with Crippen LogP contribution < -0.4 is 0 Å². The van der Waals surface area contributed by atoms with Crippen molar-refractivity contribution in [2.75, 3.05) is 0 Å². The Morgan fingerprint density at radius 2 is 2.21 bits per heavy atom. The third-order valence-electron chi connectivity index (χ3n) is 3.01. The number of fused-ring (bicyclic) bond motifs is 1. The third-order valence-corrected chi connectivity index (χ3v) is 3.01. The van der Waals surface area contributed by atoms with Gasteiger partial charge in [-0.3, -0.25) is 4.79 Å². The van der Waals surface area contributed by atoms with Gasteiger partial charge in [0.25, 0.3) is 0 Å². The Balaban J connectivity index is 1.92. The first-order chi connectivity index (χ1) is 9.25. The van der Waals surface area contributed by atoms with Gasteiger partial charge in [-0.1, -0.05) is 18.2 Å². The molecular weight excluding hydrogens is 240 g/mol. The molecule has 0 fully saturated rings. The van der Waals surface area contributed by atoms with Crippen LogP contribution in [0.2, 0.25) is 0 Å². The lowest BCUT2D eigenvalue weighted by atomic mass is 10.1. The number of allylic oxidation sites excluding steroid dienone is 1. The highest BCUT2D eigenvalue weighted by Gasteiger charge is 2.10. The normalized spacial score (nSPS) is 11.4. The first kappa shape index (κ1) is 11.5. The number of hydrogen-bond acceptors (Lipinski definition) is 3. The van der Waals surface area contributed by atoms with Gasteiger partial charge in [-0.05, 0) is 25.1 Å². The van der Waals surface area contributed by atoms with Gasteiger partial charge >= 0.3 is 0 Å². The van der Waals surface area contributed by atoms with Gasteiger partial charge in [0.2, 0.25) is 0 Å². The highest BCUT2D eigenvalue weighted by atomic mass is 16.3. The molecule has 4 nitrogen and oxygen atoms in total. The van der Waals surface area contributed by atoms with E-state index in [4.69, 9.17) is 4.42 Å². The molecule has 0 saturated heterocycles. The van der Waals surface area contributed by atoms with Gasteiger partial charge < -0.3 is 9.40 Å². The number of aromatic nitrogens is 2. The summed E-state index contributed by atoms with van der Waals surface area (Å²) >= 11 is 0. The summed E-state index contributed by atoms with van der Waals surface area (Å²) in [5, 5.41) is 0.830. The van der Waals surface area contributed by atoms with E-state index in [9.17, 15) is 4.79 Å². The smallest absolute Gasteiger partial charge is 0.189 e. The van der Waals surface area contributed by atoms with Gasteiger partial charge in [0, 0.05) is 11.1 Å². The maximum atomic E-state index is 12.1. The van der Waals surface area contributed by atoms with Crippen LogP contribution >= 0.6 is 0 Å². The number of carbonyl (C=O) groups excluding carboxylic acids is 1. The molecule has 0 spiro atoms. The van der Waals surface area contributed by atoms with E-state index in [2.05, 4.69) is 9.97 Å². The molecule has 0 aliphatic carbocycles. The highest BCUT2D eigenvalue weighted by Crippen LogP contribution is 2.21. The van der Waals surface area contributed by atoms with Gasteiger partial charge in [-0.15, -0.1) is 0 Å². The second-order valence-electron chi connectivity index (χ2n) is 4.26. The quantitative estimate of drug-likeness (QED) is 0.574. The molecule has 0 aliphatic heterocycles. The van der Waals surface area contributed by atoms with Crippen molar-refractivity contribution in [2.45, 2.75) is 6.92 Å². The standard InChI is InChI=1S/C15H12N2O2/c1-10-13(17-9-16-10)6-7-14(18)12-8-19-15-5-3-2-4-11(12)15/h2-9H,1H3,(H,16,17). The summed E-state index contributed by atoms with van der Waals surface area (Å²) in [4.78, 5) is 19.2. The Labute approximate surface area is 109 Å². The van der Waals surface area contributed by atoms with E-state index < -0.39 is 0 Å². The van der Waals surface area contributed by atoms with E-state index in [0.29, 0.717) is 5.56 Å². The minimum Gasteiger partial charge on any atom is -0.464 e. The maximum absolute atomic E-state index is 12.1. The number of aryl methyl sites for hydroxylation is 1. The number of rotatable bonds is 3. The number of benzene rings is 1. The molecule has 1 aromatic carbocycles. The molecule has 0 amide bonds. The average Bonchev–Trinajstić information content (AvgIpc) is 3.02. The molecule has 0 atom stereocenters. The van der Waals surface area contributed by atoms with Gasteiger partial charge in [0.15, 0.2) is 5.78 Å². The van der Waals surface area contributed by atoms with E-state index in [1.165, 1.54) is 12.3 Å². The van der Waals surface area contributed by atoms with Crippen LogP contribution in [0.25, 0.3) is 17.0 Å². The number of ketones is 1. The lowest BCUT2D eigenvalue weighted by Crippen LogP contribution is -1.92. The third kappa shape index (κ3) is 2.08. The first-order valence-corrected chi connectivity index (χ1v) is 5.94. The van der Waals surface area contributed by atoms with E-state index >= 15 is 0 Å². The number of nitrogens with one attached hydrogen (secondary N) is 1. The topological polar surface area (TPSA) is 58.9 Å². The number of carbonyl (C=O) groups is 1. The predicted molar refractivity (Wildman–Crippen MR) is 72.9 cm³/mol. The molecule has 3 aromatic rings. The molecule has 3 rings (SSSR count). The van der Waals surface area contributed by atoms with E-state index in [1.54, 1.807) is 12.4 Å². The molecule has 0 saturated carbocycles. The highest BCUT2D eigenvalue weighted by molar-refractivity contribution is 6.14. The van der Waals surface area contributed by atoms with Crippen LogP contribution in [0.5, 0.6) is 0 Å². The number of H-pyrrole nitrogens is 1. The molecule has 4 heteroatoms. The summed E-state index contributed by atoms with van der Waals surface area (Å²) in [6.45, 7) is 1.91. The lowest BCUT2D eigenvalue weighted by Gasteiger charge is -1.92. The molecule has 0 unspecified atom stereocenters. The number of furan rings is 1. The molecule has 19 heavy (non-hydrogen) atoms. The number of para-hydroxylation sites is 1. The number of aromatic amines is 1. The molecule has 0 aliphatic rings. The molecule has 2 heterocycles. The van der Waals surface area contributed by atoms with Crippen LogP contribution in [0.15, 0.2) is 47.3 Å². The van der Waals surface area contributed by atoms with E-state index in [1.807, 2.05) is 31.2 Å². The SMILES string of the molecule is Cc1[nH]cnc1C=CC(=O)c1coc2ccccc12. The summed E-state index contributed by atoms with van der Waals surface area (Å²) in [7, 11) is 0. The second-order valence-corrected chi connectivity index (χ2v) is 4.26. The largest absolute Gasteiger partial charge is 0.464 e. The van der Waals surface area contributed by atoms with Gasteiger partial charge in [-0.2, -0.15) is 0 Å². The summed E-state index contributed by atoms with van der Waals surface area (Å²) in [5.74, 6) is -0.0904. The second kappa shape index (κ2) is 4.57. The van der Waals surface area contributed by atoms with Crippen molar-refractivity contribution < 1.29 is 9.21 Å². The first-order valence-electron chi connectivity index (χ1n) is 5.94. The van der Waals surface area contributed by atoms with Crippen molar-refractivity contribution in [1.29, 1.82) is 0 Å². The fourth-order valence-corrected chi connectivity index (χ4v) is 1.95. The van der Waals surface area contributed by atoms with Crippen LogP contribution in [0.3, 0.4) is 0 Å². The Bertz CT molecular complexity index is 765. The maximum Gasteiger partial charge on any atom is 0.189 e. The minimum absolute atomic E-state index is 0.0904. The summed E-state index contributed by atoms with van der Waals surface area (Å²) < 4.78 is 5.35. The van der Waals surface area contributed by atoms with Crippen molar-refractivity contribution in [3.05, 3.63) is 59.9 Å². The Morgan fingerprint density at radius 1 is 1.37 bits per heavy atom. The van der Waals surface area contributed by atoms with Crippen LogP contribution in [0.4, 0.5) is 0 Å².